The Morgan fingerprint density at radius 2 is 1.11 bits per heavy atom. The van der Waals surface area contributed by atoms with Gasteiger partial charge in [-0.05, 0) is 109 Å². The smallest absolute Gasteiger partial charge is 0.191 e. The van der Waals surface area contributed by atoms with E-state index < -0.39 is 0 Å². The van der Waals surface area contributed by atoms with Gasteiger partial charge in [0.15, 0.2) is 17.4 Å². The Kier molecular flexibility index (Phi) is 8.30. The monoisotopic (exact) mass is 737 g/mol. The second-order valence-electron chi connectivity index (χ2n) is 15.5. The second kappa shape index (κ2) is 13.8. The molecule has 10 aromatic rings. The molecule has 5 nitrogen and oxygen atoms in total. The number of imidazole rings is 1. The van der Waals surface area contributed by atoms with Gasteiger partial charge >= 0.3 is 0 Å². The minimum Gasteiger partial charge on any atom is -0.456 e. The fourth-order valence-electron chi connectivity index (χ4n) is 8.22. The number of para-hydroxylation sites is 3. The van der Waals surface area contributed by atoms with Crippen LogP contribution in [0.15, 0.2) is 195 Å². The van der Waals surface area contributed by atoms with Gasteiger partial charge in [-0.1, -0.05) is 97.1 Å². The summed E-state index contributed by atoms with van der Waals surface area (Å²) in [5.74, 6) is 2.36. The average molecular weight is 738 g/mol. The second-order valence-corrected chi connectivity index (χ2v) is 15.5. The maximum absolute atomic E-state index is 6.69. The number of ether oxygens (including phenoxy) is 1. The predicted octanol–water partition coefficient (Wildman–Crippen LogP) is 13.8. The summed E-state index contributed by atoms with van der Waals surface area (Å²) in [7, 11) is 0. The van der Waals surface area contributed by atoms with Crippen LogP contribution in [0.5, 0.6) is 11.5 Å². The fraction of sp³-hybridized carbons (Fsp3) is 0.0769. The van der Waals surface area contributed by atoms with Gasteiger partial charge in [0.05, 0.1) is 16.6 Å². The quantitative estimate of drug-likeness (QED) is 0.153. The molecule has 0 spiro atoms. The molecule has 0 N–H and O–H groups in total. The van der Waals surface area contributed by atoms with Crippen LogP contribution in [0.4, 0.5) is 0 Å². The molecule has 0 amide bonds. The summed E-state index contributed by atoms with van der Waals surface area (Å²) in [5.41, 5.74) is 12.4. The molecule has 274 valence electrons. The number of benzene rings is 7. The van der Waals surface area contributed by atoms with Crippen molar-refractivity contribution in [1.82, 2.24) is 18.7 Å². The molecule has 0 atom stereocenters. The number of aromatic nitrogens is 4. The summed E-state index contributed by atoms with van der Waals surface area (Å²) in [6.45, 7) is 6.70. The number of nitrogens with zero attached hydrogens (tertiary/aromatic N) is 4. The highest BCUT2D eigenvalue weighted by atomic mass is 16.5. The van der Waals surface area contributed by atoms with Crippen molar-refractivity contribution in [3.05, 3.63) is 195 Å². The van der Waals surface area contributed by atoms with Crippen LogP contribution in [0.25, 0.3) is 77.7 Å². The molecular weight excluding hydrogens is 697 g/mol. The summed E-state index contributed by atoms with van der Waals surface area (Å²) < 4.78 is 13.5. The van der Waals surface area contributed by atoms with Crippen molar-refractivity contribution in [3.63, 3.8) is 0 Å². The molecule has 3 heterocycles. The van der Waals surface area contributed by atoms with Gasteiger partial charge in [0, 0.05) is 47.3 Å². The molecule has 7 aromatic carbocycles. The third kappa shape index (κ3) is 6.14. The Balaban J connectivity index is 1.09. The van der Waals surface area contributed by atoms with E-state index in [0.717, 1.165) is 55.9 Å². The fourth-order valence-corrected chi connectivity index (χ4v) is 8.22. The summed E-state index contributed by atoms with van der Waals surface area (Å²) >= 11 is 0. The van der Waals surface area contributed by atoms with Gasteiger partial charge in [-0.3, -0.25) is 4.57 Å². The lowest BCUT2D eigenvalue weighted by atomic mass is 9.88. The van der Waals surface area contributed by atoms with Crippen LogP contribution in [0, 0.1) is 0 Å². The Morgan fingerprint density at radius 3 is 1.82 bits per heavy atom. The zero-order valence-electron chi connectivity index (χ0n) is 32.2. The van der Waals surface area contributed by atoms with Crippen molar-refractivity contribution < 1.29 is 4.74 Å². The maximum Gasteiger partial charge on any atom is 0.191 e. The molecule has 0 bridgehead atoms. The van der Waals surface area contributed by atoms with Gasteiger partial charge < -0.3 is 4.74 Å². The van der Waals surface area contributed by atoms with E-state index in [9.17, 15) is 0 Å². The Morgan fingerprint density at radius 1 is 0.491 bits per heavy atom. The van der Waals surface area contributed by atoms with Crippen molar-refractivity contribution >= 4 is 32.8 Å². The van der Waals surface area contributed by atoms with Gasteiger partial charge in [-0.25, -0.2) is 9.55 Å². The number of hydrogen-bond acceptors (Lipinski definition) is 2. The SMILES string of the molecule is CC(C)(C)n1[cH+]n(-c2cccc(Oc3ccc4c5ccccc5n(-c5cc(-c6c(-c7ccccc7)cccc6-c6ccccc6)ccn5)c4c3)c2)c2ccccc21. The molecule has 57 heavy (non-hydrogen) atoms. The van der Waals surface area contributed by atoms with E-state index in [1.807, 2.05) is 12.3 Å². The van der Waals surface area contributed by atoms with E-state index in [2.05, 4.69) is 217 Å². The number of rotatable bonds is 7. The third-order valence-corrected chi connectivity index (χ3v) is 10.8. The molecule has 10 rings (SSSR count). The van der Waals surface area contributed by atoms with Gasteiger partial charge in [0.1, 0.15) is 23.0 Å². The Hall–Kier alpha value is -7.24. The van der Waals surface area contributed by atoms with Crippen molar-refractivity contribution in [2.75, 3.05) is 0 Å². The van der Waals surface area contributed by atoms with Gasteiger partial charge in [-0.2, -0.15) is 4.57 Å². The topological polar surface area (TPSA) is 36.9 Å². The zero-order valence-corrected chi connectivity index (χ0v) is 32.2. The lowest BCUT2D eigenvalue weighted by Crippen LogP contribution is -2.20. The molecule has 0 saturated carbocycles. The van der Waals surface area contributed by atoms with Crippen LogP contribution >= 0.6 is 0 Å². The third-order valence-electron chi connectivity index (χ3n) is 10.8. The molecule has 0 aliphatic rings. The van der Waals surface area contributed by atoms with E-state index >= 15 is 0 Å². The largest absolute Gasteiger partial charge is 0.456 e. The Bertz CT molecular complexity index is 3020. The molecule has 0 unspecified atom stereocenters. The van der Waals surface area contributed by atoms with E-state index in [1.165, 1.54) is 33.3 Å². The average Bonchev–Trinajstić information content (AvgIpc) is 3.81. The molecule has 0 fully saturated rings. The summed E-state index contributed by atoms with van der Waals surface area (Å²) in [6.07, 6.45) is 4.12. The first-order valence-electron chi connectivity index (χ1n) is 19.5. The van der Waals surface area contributed by atoms with Crippen LogP contribution in [0.1, 0.15) is 20.8 Å². The molecular formula is C52H41N4O+. The molecule has 0 aliphatic heterocycles. The number of hydrogen-bond donors (Lipinski definition) is 0. The standard InChI is InChI=1S/C52H41N4O/c1-52(2,3)55-35-54(47-26-12-13-27-48(47)55)39-20-14-21-40(33-39)57-41-28-29-45-44-22-10-11-25-46(44)56(49(45)34-41)50-32-38(30-31-53-50)51-42(36-16-6-4-7-17-36)23-15-24-43(51)37-18-8-5-9-19-37/h4-35H,1-3H3/q+1. The molecule has 5 heteroatoms. The normalized spacial score (nSPS) is 11.8. The summed E-state index contributed by atoms with van der Waals surface area (Å²) in [6, 6.07) is 64.0. The first-order valence-corrected chi connectivity index (χ1v) is 19.5. The van der Waals surface area contributed by atoms with Gasteiger partial charge in [0.2, 0.25) is 0 Å². The van der Waals surface area contributed by atoms with E-state index in [4.69, 9.17) is 9.72 Å². The van der Waals surface area contributed by atoms with Crippen LogP contribution in [0.3, 0.4) is 0 Å². The predicted molar refractivity (Wildman–Crippen MR) is 236 cm³/mol. The summed E-state index contributed by atoms with van der Waals surface area (Å²) in [5, 5.41) is 2.30. The van der Waals surface area contributed by atoms with Crippen molar-refractivity contribution in [2.45, 2.75) is 26.3 Å². The Labute approximate surface area is 332 Å². The molecule has 0 aliphatic carbocycles. The maximum atomic E-state index is 6.69. The van der Waals surface area contributed by atoms with Crippen molar-refractivity contribution in [2.24, 2.45) is 0 Å². The van der Waals surface area contributed by atoms with Crippen LogP contribution in [-0.2, 0) is 5.54 Å². The number of fused-ring (bicyclic) bond motifs is 4. The lowest BCUT2D eigenvalue weighted by Gasteiger charge is -2.17. The lowest BCUT2D eigenvalue weighted by molar-refractivity contribution is 0.406. The van der Waals surface area contributed by atoms with Crippen LogP contribution in [-0.4, -0.2) is 18.7 Å². The van der Waals surface area contributed by atoms with E-state index in [0.29, 0.717) is 0 Å². The summed E-state index contributed by atoms with van der Waals surface area (Å²) in [4.78, 5) is 5.03. The van der Waals surface area contributed by atoms with E-state index in [-0.39, 0.29) is 5.54 Å². The molecule has 0 saturated heterocycles. The highest BCUT2D eigenvalue weighted by Crippen LogP contribution is 2.42. The minimum absolute atomic E-state index is 0.0727. The first-order chi connectivity index (χ1) is 27.9. The number of pyridine rings is 1. The van der Waals surface area contributed by atoms with Crippen LogP contribution < -0.4 is 4.74 Å². The van der Waals surface area contributed by atoms with E-state index in [1.54, 1.807) is 0 Å². The molecule has 0 radical (unpaired) electrons. The van der Waals surface area contributed by atoms with Crippen molar-refractivity contribution in [1.29, 1.82) is 0 Å². The first kappa shape index (κ1) is 34.3. The highest BCUT2D eigenvalue weighted by molar-refractivity contribution is 6.09. The highest BCUT2D eigenvalue weighted by Gasteiger charge is 2.25. The minimum atomic E-state index is -0.0727. The van der Waals surface area contributed by atoms with Gasteiger partial charge in [0.25, 0.3) is 0 Å². The zero-order chi connectivity index (χ0) is 38.5. The van der Waals surface area contributed by atoms with Gasteiger partial charge in [-0.15, -0.1) is 0 Å². The molecule has 3 aromatic heterocycles. The van der Waals surface area contributed by atoms with Crippen molar-refractivity contribution in [3.8, 4) is 56.4 Å². The van der Waals surface area contributed by atoms with Crippen LogP contribution in [0.2, 0.25) is 0 Å².